The summed E-state index contributed by atoms with van der Waals surface area (Å²) in [5, 5.41) is 0. The zero-order valence-corrected chi connectivity index (χ0v) is 15.7. The summed E-state index contributed by atoms with van der Waals surface area (Å²) in [6.07, 6.45) is 23.6. The Morgan fingerprint density at radius 3 is 0.905 bits per heavy atom. The van der Waals surface area contributed by atoms with E-state index in [1.807, 2.05) is 13.8 Å². The van der Waals surface area contributed by atoms with Crippen molar-refractivity contribution < 1.29 is 0 Å². The molecule has 0 aromatic carbocycles. The molecule has 0 saturated heterocycles. The van der Waals surface area contributed by atoms with Crippen LogP contribution >= 0.6 is 7.92 Å². The predicted octanol–water partition coefficient (Wildman–Crippen LogP) is 7.49. The van der Waals surface area contributed by atoms with Crippen LogP contribution in [0.4, 0.5) is 0 Å². The van der Waals surface area contributed by atoms with E-state index in [1.54, 1.807) is 77.0 Å². The molecule has 3 aliphatic rings. The second-order valence-corrected chi connectivity index (χ2v) is 10.4. The van der Waals surface area contributed by atoms with Crippen molar-refractivity contribution in [3.05, 3.63) is 0 Å². The summed E-state index contributed by atoms with van der Waals surface area (Å²) < 4.78 is 0. The lowest BCUT2D eigenvalue weighted by molar-refractivity contribution is 0.460. The maximum atomic E-state index is 2.00. The third-order valence-corrected chi connectivity index (χ3v) is 10.1. The quantitative estimate of drug-likeness (QED) is 0.473. The van der Waals surface area contributed by atoms with Crippen molar-refractivity contribution in [2.45, 2.75) is 127 Å². The van der Waals surface area contributed by atoms with Gasteiger partial charge < -0.3 is 0 Å². The molecule has 0 atom stereocenters. The van der Waals surface area contributed by atoms with E-state index in [-0.39, 0.29) is 0 Å². The Kier molecular flexibility index (Phi) is 8.68. The van der Waals surface area contributed by atoms with Gasteiger partial charge in [-0.05, 0) is 55.5 Å². The normalized spacial score (nSPS) is 26.4. The first-order valence-corrected chi connectivity index (χ1v) is 11.8. The minimum atomic E-state index is 0.385. The van der Waals surface area contributed by atoms with Crippen molar-refractivity contribution >= 4 is 7.92 Å². The van der Waals surface area contributed by atoms with Gasteiger partial charge in [-0.15, -0.1) is 0 Å². The average molecular weight is 311 g/mol. The molecule has 0 aliphatic heterocycles. The van der Waals surface area contributed by atoms with Gasteiger partial charge in [0.25, 0.3) is 0 Å². The van der Waals surface area contributed by atoms with Crippen LogP contribution in [0.3, 0.4) is 0 Å². The minimum absolute atomic E-state index is 0.385. The fraction of sp³-hybridized carbons (Fsp3) is 1.00. The highest BCUT2D eigenvalue weighted by atomic mass is 31.1. The smallest absolute Gasteiger partial charge is 0.0204 e. The van der Waals surface area contributed by atoms with Gasteiger partial charge in [0.2, 0.25) is 0 Å². The van der Waals surface area contributed by atoms with E-state index in [4.69, 9.17) is 0 Å². The Balaban J connectivity index is 0.000000774. The van der Waals surface area contributed by atoms with Gasteiger partial charge in [0, 0.05) is 0 Å². The molecule has 21 heavy (non-hydrogen) atoms. The second kappa shape index (κ2) is 10.3. The number of hydrogen-bond donors (Lipinski definition) is 0. The summed E-state index contributed by atoms with van der Waals surface area (Å²) in [4.78, 5) is 0. The van der Waals surface area contributed by atoms with Gasteiger partial charge in [-0.25, -0.2) is 0 Å². The molecule has 0 aromatic heterocycles. The van der Waals surface area contributed by atoms with Gasteiger partial charge in [-0.2, -0.15) is 0 Å². The van der Waals surface area contributed by atoms with Crippen LogP contribution in [0.15, 0.2) is 0 Å². The van der Waals surface area contributed by atoms with Gasteiger partial charge in [0.15, 0.2) is 0 Å². The van der Waals surface area contributed by atoms with Gasteiger partial charge in [-0.1, -0.05) is 79.6 Å². The van der Waals surface area contributed by atoms with E-state index in [1.165, 1.54) is 36.2 Å². The summed E-state index contributed by atoms with van der Waals surface area (Å²) in [5.41, 5.74) is 3.57. The third kappa shape index (κ3) is 5.23. The Labute approximate surface area is 135 Å². The van der Waals surface area contributed by atoms with E-state index in [0.29, 0.717) is 7.92 Å². The molecular formula is C20H39P. The van der Waals surface area contributed by atoms with Crippen LogP contribution in [0.5, 0.6) is 0 Å². The van der Waals surface area contributed by atoms with E-state index in [9.17, 15) is 0 Å². The summed E-state index contributed by atoms with van der Waals surface area (Å²) in [6, 6.07) is 0. The van der Waals surface area contributed by atoms with Crippen molar-refractivity contribution in [1.82, 2.24) is 0 Å². The van der Waals surface area contributed by atoms with Gasteiger partial charge >= 0.3 is 0 Å². The SMILES string of the molecule is C1CCC(P(C2CCCCC2)C2CCCCC2)CC1.CC. The molecule has 0 unspecified atom stereocenters. The van der Waals surface area contributed by atoms with Crippen LogP contribution in [0, 0.1) is 0 Å². The van der Waals surface area contributed by atoms with Crippen molar-refractivity contribution in [3.8, 4) is 0 Å². The maximum absolute atomic E-state index is 2.00. The molecule has 0 nitrogen and oxygen atoms in total. The number of rotatable bonds is 3. The van der Waals surface area contributed by atoms with Gasteiger partial charge in [0.05, 0.1) is 0 Å². The van der Waals surface area contributed by atoms with Crippen LogP contribution in [0.1, 0.15) is 110 Å². The van der Waals surface area contributed by atoms with E-state index < -0.39 is 0 Å². The summed E-state index contributed by atoms with van der Waals surface area (Å²) in [5.74, 6) is 0. The Morgan fingerprint density at radius 1 is 0.429 bits per heavy atom. The van der Waals surface area contributed by atoms with Crippen molar-refractivity contribution in [2.24, 2.45) is 0 Å². The predicted molar refractivity (Wildman–Crippen MR) is 98.9 cm³/mol. The maximum Gasteiger partial charge on any atom is -0.0204 e. The molecule has 1 heteroatoms. The van der Waals surface area contributed by atoms with Crippen LogP contribution in [-0.4, -0.2) is 17.0 Å². The lowest BCUT2D eigenvalue weighted by atomic mass is 9.99. The second-order valence-electron chi connectivity index (χ2n) is 7.32. The molecule has 3 aliphatic carbocycles. The number of hydrogen-bond acceptors (Lipinski definition) is 0. The Morgan fingerprint density at radius 2 is 0.667 bits per heavy atom. The molecule has 3 rings (SSSR count). The summed E-state index contributed by atoms with van der Waals surface area (Å²) >= 11 is 0. The van der Waals surface area contributed by atoms with Crippen LogP contribution in [0.2, 0.25) is 0 Å². The van der Waals surface area contributed by atoms with Gasteiger partial charge in [-0.3, -0.25) is 0 Å². The molecule has 3 saturated carbocycles. The Bertz CT molecular complexity index is 202. The third-order valence-electron chi connectivity index (χ3n) is 5.99. The highest BCUT2D eigenvalue weighted by Crippen LogP contribution is 2.61. The molecule has 0 radical (unpaired) electrons. The van der Waals surface area contributed by atoms with Crippen LogP contribution < -0.4 is 0 Å². The zero-order valence-electron chi connectivity index (χ0n) is 14.8. The highest BCUT2D eigenvalue weighted by molar-refractivity contribution is 7.59. The lowest BCUT2D eigenvalue weighted by Gasteiger charge is -2.44. The van der Waals surface area contributed by atoms with E-state index >= 15 is 0 Å². The van der Waals surface area contributed by atoms with Crippen molar-refractivity contribution in [1.29, 1.82) is 0 Å². The van der Waals surface area contributed by atoms with Crippen LogP contribution in [0.25, 0.3) is 0 Å². The molecule has 0 heterocycles. The molecule has 124 valence electrons. The topological polar surface area (TPSA) is 0 Å². The monoisotopic (exact) mass is 310 g/mol. The largest absolute Gasteiger partial charge is 0.0971 e. The van der Waals surface area contributed by atoms with E-state index in [2.05, 4.69) is 0 Å². The fourth-order valence-corrected chi connectivity index (χ4v) is 9.71. The molecule has 0 N–H and O–H groups in total. The molecule has 3 fully saturated rings. The minimum Gasteiger partial charge on any atom is -0.0971 e. The average Bonchev–Trinajstić information content (AvgIpc) is 2.60. The Hall–Kier alpha value is 0.430. The van der Waals surface area contributed by atoms with Crippen molar-refractivity contribution in [2.75, 3.05) is 0 Å². The first-order valence-electron chi connectivity index (χ1n) is 10.2. The molecule has 0 aromatic rings. The highest BCUT2D eigenvalue weighted by Gasteiger charge is 2.36. The summed E-state index contributed by atoms with van der Waals surface area (Å²) in [6.45, 7) is 4.00. The summed E-state index contributed by atoms with van der Waals surface area (Å²) in [7, 11) is 0.385. The zero-order chi connectivity index (χ0) is 14.9. The first kappa shape index (κ1) is 17.8. The molecule has 0 amide bonds. The van der Waals surface area contributed by atoms with Crippen molar-refractivity contribution in [3.63, 3.8) is 0 Å². The molecular weight excluding hydrogens is 271 g/mol. The van der Waals surface area contributed by atoms with Crippen LogP contribution in [-0.2, 0) is 0 Å². The van der Waals surface area contributed by atoms with E-state index in [0.717, 1.165) is 0 Å². The van der Waals surface area contributed by atoms with Gasteiger partial charge in [0.1, 0.15) is 0 Å². The molecule has 0 spiro atoms. The fourth-order valence-electron chi connectivity index (χ4n) is 5.03. The first-order chi connectivity index (χ1) is 10.4. The molecule has 0 bridgehead atoms. The lowest BCUT2D eigenvalue weighted by Crippen LogP contribution is -2.28. The standard InChI is InChI=1S/C18H33P.C2H6/c1-4-10-16(11-5-1)19(17-12-6-2-7-13-17)18-14-8-3-9-15-18;1-2/h16-18H,1-15H2;1-2H3.